The van der Waals surface area contributed by atoms with Crippen LogP contribution in [-0.4, -0.2) is 29.5 Å². The Kier molecular flexibility index (Phi) is 1.48. The summed E-state index contributed by atoms with van der Waals surface area (Å²) in [5.41, 5.74) is -2.46. The minimum atomic E-state index is -4.49. The minimum absolute atomic E-state index is 0.00150. The van der Waals surface area contributed by atoms with Crippen LogP contribution < -0.4 is 5.32 Å². The van der Waals surface area contributed by atoms with Gasteiger partial charge in [-0.25, -0.2) is 0 Å². The summed E-state index contributed by atoms with van der Waals surface area (Å²) in [4.78, 5) is 0. The lowest BCUT2D eigenvalue weighted by atomic mass is 9.93. The van der Waals surface area contributed by atoms with Crippen molar-refractivity contribution >= 4 is 0 Å². The molecule has 0 aromatic heterocycles. The number of nitrogens with one attached hydrogen (secondary N) is 1. The Hall–Kier alpha value is -0.290. The lowest BCUT2D eigenvalue weighted by molar-refractivity contribution is -0.268. The summed E-state index contributed by atoms with van der Waals surface area (Å²) in [5, 5.41) is 12.0. The third kappa shape index (κ3) is 0.894. The van der Waals surface area contributed by atoms with Crippen molar-refractivity contribution < 1.29 is 18.3 Å². The summed E-state index contributed by atoms with van der Waals surface area (Å²) >= 11 is 0. The molecule has 0 radical (unpaired) electrons. The molecule has 0 amide bonds. The average molecular weight is 181 g/mol. The first-order valence-corrected chi connectivity index (χ1v) is 3.96. The van der Waals surface area contributed by atoms with Crippen LogP contribution in [0.15, 0.2) is 0 Å². The standard InChI is InChI=1S/C7H10F3NO/c8-7(9,10)6(12)2-4-1-5(6)11-3-4/h4-5,11-12H,1-3H2/t4-,5+,6+/m0/s1. The Balaban J connectivity index is 2.23. The molecule has 0 spiro atoms. The largest absolute Gasteiger partial charge is 0.418 e. The Bertz CT molecular complexity index is 205. The number of fused-ring (bicyclic) bond motifs is 2. The first-order chi connectivity index (χ1) is 5.43. The van der Waals surface area contributed by atoms with Gasteiger partial charge in [0.1, 0.15) is 0 Å². The highest BCUT2D eigenvalue weighted by molar-refractivity contribution is 5.09. The molecule has 0 unspecified atom stereocenters. The van der Waals surface area contributed by atoms with E-state index in [2.05, 4.69) is 5.32 Å². The summed E-state index contributed by atoms with van der Waals surface area (Å²) in [6.45, 7) is 0.614. The SMILES string of the molecule is O[C@]1(C(F)(F)F)C[C@H]2CN[C@@H]1C2. The minimum Gasteiger partial charge on any atom is -0.379 e. The number of aliphatic hydroxyl groups is 1. The summed E-state index contributed by atoms with van der Waals surface area (Å²) < 4.78 is 36.9. The van der Waals surface area contributed by atoms with Gasteiger partial charge in [0.15, 0.2) is 5.60 Å². The topological polar surface area (TPSA) is 32.3 Å². The Morgan fingerprint density at radius 1 is 1.42 bits per heavy atom. The number of piperidine rings is 1. The number of hydrogen-bond donors (Lipinski definition) is 2. The van der Waals surface area contributed by atoms with E-state index in [0.29, 0.717) is 13.0 Å². The Morgan fingerprint density at radius 2 is 2.08 bits per heavy atom. The van der Waals surface area contributed by atoms with E-state index >= 15 is 0 Å². The molecule has 1 saturated carbocycles. The smallest absolute Gasteiger partial charge is 0.379 e. The molecule has 2 nitrogen and oxygen atoms in total. The average Bonchev–Trinajstić information content (AvgIpc) is 2.43. The molecule has 70 valence electrons. The van der Waals surface area contributed by atoms with Crippen molar-refractivity contribution in [2.75, 3.05) is 6.54 Å². The van der Waals surface area contributed by atoms with Gasteiger partial charge in [-0.1, -0.05) is 0 Å². The number of halogens is 3. The maximum absolute atomic E-state index is 12.3. The van der Waals surface area contributed by atoms with Gasteiger partial charge in [0.05, 0.1) is 0 Å². The second kappa shape index (κ2) is 2.14. The van der Waals surface area contributed by atoms with E-state index in [1.807, 2.05) is 0 Å². The van der Waals surface area contributed by atoms with Crippen molar-refractivity contribution in [2.24, 2.45) is 5.92 Å². The van der Waals surface area contributed by atoms with Crippen LogP contribution >= 0.6 is 0 Å². The molecule has 1 heterocycles. The molecule has 2 aliphatic rings. The maximum Gasteiger partial charge on any atom is 0.418 e. The molecule has 0 aromatic rings. The molecule has 1 aliphatic carbocycles. The molecule has 12 heavy (non-hydrogen) atoms. The zero-order valence-corrected chi connectivity index (χ0v) is 6.36. The Labute approximate surface area is 67.8 Å². The normalized spacial score (nSPS) is 47.0. The van der Waals surface area contributed by atoms with Crippen LogP contribution in [0.25, 0.3) is 0 Å². The lowest BCUT2D eigenvalue weighted by Gasteiger charge is -2.34. The molecule has 1 aliphatic heterocycles. The number of alkyl halides is 3. The fourth-order valence-corrected chi connectivity index (χ4v) is 2.22. The van der Waals surface area contributed by atoms with Crippen LogP contribution in [0.2, 0.25) is 0 Å². The van der Waals surface area contributed by atoms with Gasteiger partial charge >= 0.3 is 6.18 Å². The van der Waals surface area contributed by atoms with Gasteiger partial charge < -0.3 is 10.4 Å². The molecular formula is C7H10F3NO. The summed E-state index contributed by atoms with van der Waals surface area (Å²) in [5.74, 6) is 0.00150. The van der Waals surface area contributed by atoms with E-state index in [4.69, 9.17) is 0 Å². The van der Waals surface area contributed by atoms with Crippen molar-refractivity contribution in [3.63, 3.8) is 0 Å². The van der Waals surface area contributed by atoms with E-state index in [9.17, 15) is 18.3 Å². The first kappa shape index (κ1) is 8.31. The molecule has 2 rings (SSSR count). The van der Waals surface area contributed by atoms with Gasteiger partial charge in [-0.3, -0.25) is 0 Å². The van der Waals surface area contributed by atoms with Crippen LogP contribution in [-0.2, 0) is 0 Å². The maximum atomic E-state index is 12.3. The molecule has 2 N–H and O–H groups in total. The van der Waals surface area contributed by atoms with Gasteiger partial charge in [0.2, 0.25) is 0 Å². The summed E-state index contributed by atoms with van der Waals surface area (Å²) in [6.07, 6.45) is -4.16. The highest BCUT2D eigenvalue weighted by atomic mass is 19.4. The monoisotopic (exact) mass is 181 g/mol. The van der Waals surface area contributed by atoms with E-state index < -0.39 is 17.8 Å². The van der Waals surface area contributed by atoms with Crippen LogP contribution in [0.4, 0.5) is 13.2 Å². The predicted molar refractivity (Wildman–Crippen MR) is 35.5 cm³/mol. The molecule has 2 fully saturated rings. The molecule has 2 bridgehead atoms. The zero-order valence-electron chi connectivity index (χ0n) is 6.36. The van der Waals surface area contributed by atoms with Gasteiger partial charge in [-0.15, -0.1) is 0 Å². The van der Waals surface area contributed by atoms with Crippen LogP contribution in [0, 0.1) is 5.92 Å². The van der Waals surface area contributed by atoms with Gasteiger partial charge in [-0.05, 0) is 25.3 Å². The fraction of sp³-hybridized carbons (Fsp3) is 1.00. The molecular weight excluding hydrogens is 171 g/mol. The second-order valence-corrected chi connectivity index (χ2v) is 3.69. The second-order valence-electron chi connectivity index (χ2n) is 3.69. The van der Waals surface area contributed by atoms with E-state index in [1.165, 1.54) is 0 Å². The van der Waals surface area contributed by atoms with E-state index in [-0.39, 0.29) is 12.3 Å². The fourth-order valence-electron chi connectivity index (χ4n) is 2.22. The molecule has 3 atom stereocenters. The van der Waals surface area contributed by atoms with Gasteiger partial charge in [0.25, 0.3) is 0 Å². The zero-order chi connectivity index (χ0) is 8.98. The predicted octanol–water partition coefficient (Wildman–Crippen LogP) is 0.662. The Morgan fingerprint density at radius 3 is 2.33 bits per heavy atom. The molecule has 5 heteroatoms. The highest BCUT2D eigenvalue weighted by Crippen LogP contribution is 2.48. The summed E-state index contributed by atoms with van der Waals surface area (Å²) in [7, 11) is 0. The van der Waals surface area contributed by atoms with Crippen molar-refractivity contribution in [1.82, 2.24) is 5.32 Å². The third-order valence-corrected chi connectivity index (χ3v) is 2.89. The highest BCUT2D eigenvalue weighted by Gasteiger charge is 2.64. The van der Waals surface area contributed by atoms with Crippen molar-refractivity contribution in [2.45, 2.75) is 30.7 Å². The number of rotatable bonds is 0. The summed E-state index contributed by atoms with van der Waals surface area (Å²) in [6, 6.07) is -0.775. The van der Waals surface area contributed by atoms with Crippen molar-refractivity contribution in [3.8, 4) is 0 Å². The molecule has 0 aromatic carbocycles. The first-order valence-electron chi connectivity index (χ1n) is 3.96. The molecule has 1 saturated heterocycles. The van der Waals surface area contributed by atoms with Crippen LogP contribution in [0.3, 0.4) is 0 Å². The lowest BCUT2D eigenvalue weighted by Crippen LogP contribution is -2.57. The van der Waals surface area contributed by atoms with E-state index in [1.54, 1.807) is 0 Å². The van der Waals surface area contributed by atoms with Gasteiger partial charge in [0, 0.05) is 6.04 Å². The van der Waals surface area contributed by atoms with Crippen molar-refractivity contribution in [1.29, 1.82) is 0 Å². The van der Waals surface area contributed by atoms with Crippen LogP contribution in [0.5, 0.6) is 0 Å². The quantitative estimate of drug-likeness (QED) is 0.575. The van der Waals surface area contributed by atoms with Gasteiger partial charge in [-0.2, -0.15) is 13.2 Å². The number of hydrogen-bond acceptors (Lipinski definition) is 2. The van der Waals surface area contributed by atoms with Crippen molar-refractivity contribution in [3.05, 3.63) is 0 Å². The van der Waals surface area contributed by atoms with E-state index in [0.717, 1.165) is 0 Å². The third-order valence-electron chi connectivity index (χ3n) is 2.89. The van der Waals surface area contributed by atoms with Crippen LogP contribution in [0.1, 0.15) is 12.8 Å².